The van der Waals surface area contributed by atoms with Crippen LogP contribution in [0.5, 0.6) is 0 Å². The minimum atomic E-state index is -0.211. The van der Waals surface area contributed by atoms with Crippen molar-refractivity contribution in [3.05, 3.63) is 90.8 Å². The van der Waals surface area contributed by atoms with Crippen LogP contribution in [0.1, 0.15) is 65.7 Å². The van der Waals surface area contributed by atoms with Gasteiger partial charge in [0.25, 0.3) is 11.8 Å². The van der Waals surface area contributed by atoms with Crippen molar-refractivity contribution in [2.75, 3.05) is 5.32 Å². The molecule has 198 valence electrons. The fourth-order valence-corrected chi connectivity index (χ4v) is 6.57. The smallest absolute Gasteiger partial charge is 0.257 e. The van der Waals surface area contributed by atoms with Crippen LogP contribution in [0.4, 0.5) is 5.69 Å². The summed E-state index contributed by atoms with van der Waals surface area (Å²) in [7, 11) is 0. The van der Waals surface area contributed by atoms with Gasteiger partial charge in [-0.1, -0.05) is 25.3 Å². The summed E-state index contributed by atoms with van der Waals surface area (Å²) >= 11 is 0. The first-order chi connectivity index (χ1) is 19.0. The summed E-state index contributed by atoms with van der Waals surface area (Å²) in [6.45, 7) is 3.99. The Bertz CT molecular complexity index is 1500. The zero-order valence-corrected chi connectivity index (χ0v) is 22.0. The van der Waals surface area contributed by atoms with Gasteiger partial charge in [0.1, 0.15) is 5.82 Å². The highest BCUT2D eigenvalue weighted by molar-refractivity contribution is 6.04. The lowest BCUT2D eigenvalue weighted by molar-refractivity contribution is 0.0677. The predicted octanol–water partition coefficient (Wildman–Crippen LogP) is 6.52. The van der Waals surface area contributed by atoms with Crippen LogP contribution in [-0.4, -0.2) is 32.3 Å². The molecule has 7 heteroatoms. The second-order valence-electron chi connectivity index (χ2n) is 11.1. The molecule has 3 N–H and O–H groups in total. The molecule has 39 heavy (non-hydrogen) atoms. The Hall–Kier alpha value is -4.26. The van der Waals surface area contributed by atoms with Gasteiger partial charge < -0.3 is 15.6 Å². The zero-order chi connectivity index (χ0) is 26.8. The van der Waals surface area contributed by atoms with Gasteiger partial charge in [0.2, 0.25) is 0 Å². The van der Waals surface area contributed by atoms with E-state index in [2.05, 4.69) is 27.2 Å². The molecule has 2 aromatic carbocycles. The van der Waals surface area contributed by atoms with Gasteiger partial charge in [0.05, 0.1) is 16.6 Å². The molecule has 7 nitrogen and oxygen atoms in total. The number of pyridine rings is 1. The molecule has 2 fully saturated rings. The summed E-state index contributed by atoms with van der Waals surface area (Å²) in [5.41, 5.74) is 4.10. The number of benzene rings is 2. The molecule has 0 spiro atoms. The Morgan fingerprint density at radius 2 is 1.82 bits per heavy atom. The fourth-order valence-electron chi connectivity index (χ4n) is 6.57. The van der Waals surface area contributed by atoms with Gasteiger partial charge in [-0.3, -0.25) is 14.6 Å². The summed E-state index contributed by atoms with van der Waals surface area (Å²) in [6.07, 6.45) is 13.2. The van der Waals surface area contributed by atoms with E-state index >= 15 is 0 Å². The van der Waals surface area contributed by atoms with Gasteiger partial charge in [-0.2, -0.15) is 0 Å². The molecule has 2 aliphatic carbocycles. The Morgan fingerprint density at radius 1 is 1.03 bits per heavy atom. The summed E-state index contributed by atoms with van der Waals surface area (Å²) < 4.78 is 0. The van der Waals surface area contributed by atoms with Crippen molar-refractivity contribution in [1.82, 2.24) is 20.3 Å². The summed E-state index contributed by atoms with van der Waals surface area (Å²) in [4.78, 5) is 37.9. The number of hydrogen-bond donors (Lipinski definition) is 3. The molecule has 0 aliphatic heterocycles. The van der Waals surface area contributed by atoms with Gasteiger partial charge >= 0.3 is 0 Å². The third kappa shape index (κ3) is 5.35. The maximum absolute atomic E-state index is 13.4. The van der Waals surface area contributed by atoms with Crippen molar-refractivity contribution >= 4 is 28.5 Å². The molecule has 4 aromatic rings. The monoisotopic (exact) mass is 519 g/mol. The van der Waals surface area contributed by atoms with E-state index < -0.39 is 0 Å². The third-order valence-corrected chi connectivity index (χ3v) is 8.25. The van der Waals surface area contributed by atoms with Gasteiger partial charge in [0, 0.05) is 34.7 Å². The first-order valence-electron chi connectivity index (χ1n) is 13.8. The number of fused-ring (bicyclic) bond motifs is 3. The van der Waals surface area contributed by atoms with E-state index in [0.717, 1.165) is 35.9 Å². The van der Waals surface area contributed by atoms with Crippen molar-refractivity contribution < 1.29 is 9.59 Å². The number of imidazole rings is 1. The molecule has 0 saturated heterocycles. The molecular weight excluding hydrogens is 486 g/mol. The number of anilines is 1. The Morgan fingerprint density at radius 3 is 2.54 bits per heavy atom. The van der Waals surface area contributed by atoms with Crippen LogP contribution in [-0.2, 0) is 0 Å². The Kier molecular flexibility index (Phi) is 6.73. The lowest BCUT2D eigenvalue weighted by Crippen LogP contribution is -2.53. The van der Waals surface area contributed by atoms with Crippen LogP contribution >= 0.6 is 0 Å². The number of aromatic amines is 1. The maximum atomic E-state index is 13.4. The van der Waals surface area contributed by atoms with E-state index in [4.69, 9.17) is 4.98 Å². The predicted molar refractivity (Wildman–Crippen MR) is 153 cm³/mol. The summed E-state index contributed by atoms with van der Waals surface area (Å²) in [5, 5.41) is 6.31. The molecule has 2 amide bonds. The molecule has 2 aromatic heterocycles. The van der Waals surface area contributed by atoms with Gasteiger partial charge in [0.15, 0.2) is 0 Å². The van der Waals surface area contributed by atoms with Gasteiger partial charge in [-0.25, -0.2) is 4.98 Å². The van der Waals surface area contributed by atoms with Crippen molar-refractivity contribution in [3.8, 4) is 11.4 Å². The number of carbonyl (C=O) groups excluding carboxylic acids is 2. The van der Waals surface area contributed by atoms with E-state index in [9.17, 15) is 9.59 Å². The van der Waals surface area contributed by atoms with Crippen molar-refractivity contribution in [2.24, 2.45) is 11.8 Å². The molecule has 2 saturated carbocycles. The van der Waals surface area contributed by atoms with Gasteiger partial charge in [-0.05, 0) is 92.1 Å². The number of nitrogens with one attached hydrogen (secondary N) is 3. The lowest BCUT2D eigenvalue weighted by Gasteiger charge is -2.47. The number of nitrogens with zero attached hydrogens (tertiary/aromatic N) is 2. The third-order valence-electron chi connectivity index (χ3n) is 8.25. The van der Waals surface area contributed by atoms with E-state index in [0.29, 0.717) is 34.5 Å². The number of aromatic nitrogens is 3. The molecule has 2 heterocycles. The van der Waals surface area contributed by atoms with Crippen molar-refractivity contribution in [3.63, 3.8) is 0 Å². The van der Waals surface area contributed by atoms with E-state index in [1.807, 2.05) is 48.5 Å². The Balaban J connectivity index is 1.17. The highest BCUT2D eigenvalue weighted by Crippen LogP contribution is 2.46. The molecular formula is C32H33N5O2. The average molecular weight is 520 g/mol. The molecule has 2 aliphatic rings. The lowest BCUT2D eigenvalue weighted by atomic mass is 9.63. The number of H-pyrrole nitrogens is 1. The molecule has 2 unspecified atom stereocenters. The van der Waals surface area contributed by atoms with Crippen LogP contribution < -0.4 is 10.6 Å². The first kappa shape index (κ1) is 25.0. The van der Waals surface area contributed by atoms with Crippen LogP contribution in [0, 0.1) is 11.8 Å². The van der Waals surface area contributed by atoms with Gasteiger partial charge in [-0.15, -0.1) is 6.58 Å². The topological polar surface area (TPSA) is 99.8 Å². The van der Waals surface area contributed by atoms with E-state index in [1.165, 1.54) is 31.9 Å². The summed E-state index contributed by atoms with van der Waals surface area (Å²) in [5.74, 6) is 1.85. The zero-order valence-electron chi connectivity index (χ0n) is 22.0. The second-order valence-corrected chi connectivity index (χ2v) is 11.1. The molecule has 6 rings (SSSR count). The quantitative estimate of drug-likeness (QED) is 0.242. The SMILES string of the molecule is C=CCC1(NC(=O)c2ccc3nc(-c4ccc(NC(=O)c5cccnc5)cc4)[nH]c3c2)CC2CCC[C@@H](C2)C1. The van der Waals surface area contributed by atoms with Crippen molar-refractivity contribution in [1.29, 1.82) is 0 Å². The van der Waals surface area contributed by atoms with Crippen LogP contribution in [0.2, 0.25) is 0 Å². The number of hydrogen-bond acceptors (Lipinski definition) is 4. The van der Waals surface area contributed by atoms with Crippen molar-refractivity contribution in [2.45, 2.75) is 50.5 Å². The maximum Gasteiger partial charge on any atom is 0.257 e. The van der Waals surface area contributed by atoms with Crippen LogP contribution in [0.3, 0.4) is 0 Å². The standard InChI is InChI=1S/C32H33N5O2/c1-2-14-32(18-21-5-3-6-22(16-21)19-32)37-31(39)24-10-13-27-28(17-24)36-29(35-27)23-8-11-26(12-9-23)34-30(38)25-7-4-15-33-20-25/h2,4,7-13,15,17,20-22H,1,3,5-6,14,16,18-19H2,(H,34,38)(H,35,36)(H,37,39)/t21-,22?,32?/m0/s1. The normalized spacial score (nSPS) is 22.3. The minimum Gasteiger partial charge on any atom is -0.346 e. The average Bonchev–Trinajstić information content (AvgIpc) is 3.37. The highest BCUT2D eigenvalue weighted by Gasteiger charge is 2.42. The fraction of sp³-hybridized carbons (Fsp3) is 0.312. The number of rotatable bonds is 7. The second kappa shape index (κ2) is 10.5. The summed E-state index contributed by atoms with van der Waals surface area (Å²) in [6, 6.07) is 16.6. The number of carbonyl (C=O) groups is 2. The largest absolute Gasteiger partial charge is 0.346 e. The van der Waals surface area contributed by atoms with E-state index in [-0.39, 0.29) is 17.4 Å². The molecule has 2 bridgehead atoms. The Labute approximate surface area is 228 Å². The number of amides is 2. The molecule has 3 atom stereocenters. The first-order valence-corrected chi connectivity index (χ1v) is 13.8. The van der Waals surface area contributed by atoms with Crippen LogP contribution in [0.25, 0.3) is 22.4 Å². The molecule has 0 radical (unpaired) electrons. The van der Waals surface area contributed by atoms with E-state index in [1.54, 1.807) is 18.3 Å². The highest BCUT2D eigenvalue weighted by atomic mass is 16.2. The van der Waals surface area contributed by atoms with Crippen LogP contribution in [0.15, 0.2) is 79.6 Å². The minimum absolute atomic E-state index is 0.0383.